The first-order chi connectivity index (χ1) is 11.7. The highest BCUT2D eigenvalue weighted by molar-refractivity contribution is 6.10. The van der Waals surface area contributed by atoms with Crippen LogP contribution in [0, 0.1) is 11.3 Å². The van der Waals surface area contributed by atoms with Gasteiger partial charge in [-0.1, -0.05) is 0 Å². The first kappa shape index (κ1) is 14.0. The summed E-state index contributed by atoms with van der Waals surface area (Å²) in [5.74, 6) is 0.534. The van der Waals surface area contributed by atoms with E-state index in [0.29, 0.717) is 17.9 Å². The molecule has 0 radical (unpaired) electrons. The summed E-state index contributed by atoms with van der Waals surface area (Å²) in [6.45, 7) is 0.604. The first-order valence-electron chi connectivity index (χ1n) is 7.30. The van der Waals surface area contributed by atoms with Crippen LogP contribution in [-0.2, 0) is 6.54 Å². The third kappa shape index (κ3) is 2.18. The van der Waals surface area contributed by atoms with E-state index in [1.165, 1.54) is 0 Å². The molecule has 0 fully saturated rings. The number of nitrogen functional groups attached to an aromatic ring is 2. The van der Waals surface area contributed by atoms with Crippen LogP contribution in [0.25, 0.3) is 21.8 Å². The van der Waals surface area contributed by atoms with E-state index in [1.54, 1.807) is 12.4 Å². The molecule has 3 aromatic heterocycles. The lowest BCUT2D eigenvalue weighted by Crippen LogP contribution is -2.01. The molecule has 0 aliphatic rings. The third-order valence-electron chi connectivity index (χ3n) is 3.93. The van der Waals surface area contributed by atoms with Crippen LogP contribution in [0.1, 0.15) is 11.1 Å². The van der Waals surface area contributed by atoms with Crippen molar-refractivity contribution in [3.63, 3.8) is 0 Å². The van der Waals surface area contributed by atoms with Gasteiger partial charge >= 0.3 is 0 Å². The number of hydrogen-bond acceptors (Lipinski definition) is 6. The topological polar surface area (TPSA) is 119 Å². The summed E-state index contributed by atoms with van der Waals surface area (Å²) < 4.78 is 2.07. The largest absolute Gasteiger partial charge is 0.383 e. The summed E-state index contributed by atoms with van der Waals surface area (Å²) in [4.78, 5) is 12.4. The quantitative estimate of drug-likeness (QED) is 0.584. The van der Waals surface area contributed by atoms with Crippen LogP contribution in [0.4, 0.5) is 11.8 Å². The van der Waals surface area contributed by atoms with Gasteiger partial charge in [-0.05, 0) is 29.8 Å². The Balaban J connectivity index is 1.86. The Morgan fingerprint density at radius 3 is 2.83 bits per heavy atom. The van der Waals surface area contributed by atoms with E-state index >= 15 is 0 Å². The summed E-state index contributed by atoms with van der Waals surface area (Å²) in [6, 6.07) is 9.78. The molecule has 0 spiro atoms. The molecule has 7 heteroatoms. The molecule has 4 N–H and O–H groups in total. The number of anilines is 2. The Morgan fingerprint density at radius 2 is 2.00 bits per heavy atom. The minimum absolute atomic E-state index is 0.165. The van der Waals surface area contributed by atoms with E-state index in [9.17, 15) is 0 Å². The van der Waals surface area contributed by atoms with Crippen LogP contribution in [0.15, 0.2) is 42.9 Å². The van der Waals surface area contributed by atoms with E-state index in [1.807, 2.05) is 30.5 Å². The maximum atomic E-state index is 9.00. The van der Waals surface area contributed by atoms with Gasteiger partial charge in [0, 0.05) is 36.0 Å². The zero-order valence-corrected chi connectivity index (χ0v) is 12.6. The molecule has 0 saturated heterocycles. The van der Waals surface area contributed by atoms with Crippen molar-refractivity contribution >= 4 is 33.6 Å². The number of rotatable bonds is 2. The van der Waals surface area contributed by atoms with Gasteiger partial charge in [-0.3, -0.25) is 4.98 Å². The Labute approximate surface area is 137 Å². The molecule has 0 amide bonds. The summed E-state index contributed by atoms with van der Waals surface area (Å²) in [6.07, 6.45) is 5.28. The molecule has 0 atom stereocenters. The van der Waals surface area contributed by atoms with Gasteiger partial charge in [0.05, 0.1) is 16.5 Å². The predicted octanol–water partition coefficient (Wildman–Crippen LogP) is 2.06. The van der Waals surface area contributed by atoms with E-state index in [2.05, 4.69) is 25.6 Å². The summed E-state index contributed by atoms with van der Waals surface area (Å²) >= 11 is 0. The molecular formula is C17H13N7. The van der Waals surface area contributed by atoms with Crippen molar-refractivity contribution in [2.24, 2.45) is 0 Å². The smallest absolute Gasteiger partial charge is 0.222 e. The normalized spacial score (nSPS) is 11.0. The van der Waals surface area contributed by atoms with Crippen LogP contribution >= 0.6 is 0 Å². The third-order valence-corrected chi connectivity index (χ3v) is 3.93. The second-order valence-electron chi connectivity index (χ2n) is 5.50. The number of aromatic nitrogens is 4. The molecule has 116 valence electrons. The fourth-order valence-electron chi connectivity index (χ4n) is 2.92. The molecule has 0 unspecified atom stereocenters. The molecule has 3 heterocycles. The van der Waals surface area contributed by atoms with Gasteiger partial charge in [-0.2, -0.15) is 10.2 Å². The summed E-state index contributed by atoms with van der Waals surface area (Å²) in [5, 5.41) is 10.8. The molecular weight excluding hydrogens is 302 g/mol. The van der Waals surface area contributed by atoms with Gasteiger partial charge < -0.3 is 16.0 Å². The maximum Gasteiger partial charge on any atom is 0.222 e. The maximum absolute atomic E-state index is 9.00. The summed E-state index contributed by atoms with van der Waals surface area (Å²) in [7, 11) is 0. The SMILES string of the molecule is N#Cc1cncc(Cn2ccc3c4c(N)nc(N)nc4ccc32)c1. The number of fused-ring (bicyclic) bond motifs is 3. The fourth-order valence-corrected chi connectivity index (χ4v) is 2.92. The molecule has 0 aliphatic heterocycles. The number of nitriles is 1. The Bertz CT molecular complexity index is 1120. The molecule has 4 rings (SSSR count). The van der Waals surface area contributed by atoms with Crippen molar-refractivity contribution < 1.29 is 0 Å². The minimum Gasteiger partial charge on any atom is -0.383 e. The minimum atomic E-state index is 0.165. The first-order valence-corrected chi connectivity index (χ1v) is 7.30. The van der Waals surface area contributed by atoms with Crippen LogP contribution in [-0.4, -0.2) is 19.5 Å². The van der Waals surface area contributed by atoms with Crippen LogP contribution < -0.4 is 11.5 Å². The second kappa shape index (κ2) is 5.21. The van der Waals surface area contributed by atoms with Gasteiger partial charge in [0.15, 0.2) is 0 Å². The van der Waals surface area contributed by atoms with Crippen molar-refractivity contribution in [1.82, 2.24) is 19.5 Å². The van der Waals surface area contributed by atoms with Crippen molar-refractivity contribution in [3.05, 3.63) is 54.0 Å². The van der Waals surface area contributed by atoms with Crippen molar-refractivity contribution in [2.45, 2.75) is 6.54 Å². The number of nitrogens with zero attached hydrogens (tertiary/aromatic N) is 5. The van der Waals surface area contributed by atoms with E-state index in [4.69, 9.17) is 16.7 Å². The fraction of sp³-hybridized carbons (Fsp3) is 0.0588. The van der Waals surface area contributed by atoms with E-state index in [0.717, 1.165) is 27.4 Å². The highest BCUT2D eigenvalue weighted by atomic mass is 15.0. The molecule has 0 bridgehead atoms. The van der Waals surface area contributed by atoms with Gasteiger partial charge in [0.2, 0.25) is 5.95 Å². The molecule has 0 aliphatic carbocycles. The van der Waals surface area contributed by atoms with Crippen molar-refractivity contribution in [2.75, 3.05) is 11.5 Å². The molecule has 4 aromatic rings. The second-order valence-corrected chi connectivity index (χ2v) is 5.50. The van der Waals surface area contributed by atoms with E-state index in [-0.39, 0.29) is 5.95 Å². The highest BCUT2D eigenvalue weighted by Gasteiger charge is 2.11. The standard InChI is InChI=1S/C17H13N7/c18-6-10-5-11(8-21-7-10)9-24-4-3-12-14(24)2-1-13-15(12)16(19)23-17(20)22-13/h1-5,7-8H,9H2,(H4,19,20,22,23). The number of pyridine rings is 1. The summed E-state index contributed by atoms with van der Waals surface area (Å²) in [5.41, 5.74) is 14.9. The molecule has 7 nitrogen and oxygen atoms in total. The van der Waals surface area contributed by atoms with Crippen molar-refractivity contribution in [1.29, 1.82) is 5.26 Å². The molecule has 24 heavy (non-hydrogen) atoms. The highest BCUT2D eigenvalue weighted by Crippen LogP contribution is 2.29. The lowest BCUT2D eigenvalue weighted by molar-refractivity contribution is 0.831. The van der Waals surface area contributed by atoms with Crippen LogP contribution in [0.5, 0.6) is 0 Å². The number of hydrogen-bond donors (Lipinski definition) is 2. The Hall–Kier alpha value is -3.66. The lowest BCUT2D eigenvalue weighted by Gasteiger charge is -2.08. The number of benzene rings is 1. The zero-order valence-electron chi connectivity index (χ0n) is 12.6. The van der Waals surface area contributed by atoms with Gasteiger partial charge in [-0.25, -0.2) is 4.98 Å². The Morgan fingerprint density at radius 1 is 1.12 bits per heavy atom. The van der Waals surface area contributed by atoms with Crippen LogP contribution in [0.3, 0.4) is 0 Å². The van der Waals surface area contributed by atoms with Crippen LogP contribution in [0.2, 0.25) is 0 Å². The van der Waals surface area contributed by atoms with Gasteiger partial charge in [-0.15, -0.1) is 0 Å². The van der Waals surface area contributed by atoms with Gasteiger partial charge in [0.1, 0.15) is 11.9 Å². The monoisotopic (exact) mass is 315 g/mol. The molecule has 0 saturated carbocycles. The van der Waals surface area contributed by atoms with Gasteiger partial charge in [0.25, 0.3) is 0 Å². The molecule has 1 aromatic carbocycles. The average Bonchev–Trinajstić information content (AvgIpc) is 2.97. The van der Waals surface area contributed by atoms with E-state index < -0.39 is 0 Å². The number of nitrogens with two attached hydrogens (primary N) is 2. The average molecular weight is 315 g/mol. The zero-order chi connectivity index (χ0) is 16.7. The predicted molar refractivity (Wildman–Crippen MR) is 91.9 cm³/mol. The van der Waals surface area contributed by atoms with Crippen molar-refractivity contribution in [3.8, 4) is 6.07 Å². The lowest BCUT2D eigenvalue weighted by atomic mass is 10.1. The Kier molecular flexibility index (Phi) is 3.03.